The maximum Gasteiger partial charge on any atom is 0.284 e. The van der Waals surface area contributed by atoms with Crippen LogP contribution in [0.5, 0.6) is 0 Å². The molecule has 0 unspecified atom stereocenters. The Labute approximate surface area is 140 Å². The number of carbonyl (C=O) groups is 2. The van der Waals surface area contributed by atoms with Crippen molar-refractivity contribution in [2.75, 3.05) is 0 Å². The number of Topliss-reactive ketones (excluding diaryl/α,β-unsaturated/α-hetero) is 1. The van der Waals surface area contributed by atoms with Gasteiger partial charge in [-0.25, -0.2) is 0 Å². The number of ketones is 1. The van der Waals surface area contributed by atoms with Crippen LogP contribution in [-0.2, 0) is 0 Å². The van der Waals surface area contributed by atoms with E-state index in [2.05, 4.69) is 5.32 Å². The molecule has 0 spiro atoms. The number of fused-ring (bicyclic) bond motifs is 2. The number of rotatable bonds is 2. The first-order valence-corrected chi connectivity index (χ1v) is 8.04. The molecule has 1 heterocycles. The first-order chi connectivity index (χ1) is 11.6. The highest BCUT2D eigenvalue weighted by Gasteiger charge is 2.40. The molecule has 2 aromatic carbocycles. The maximum absolute atomic E-state index is 12.8. The molecule has 1 aliphatic heterocycles. The third-order valence-electron chi connectivity index (χ3n) is 4.05. The van der Waals surface area contributed by atoms with E-state index in [9.17, 15) is 19.7 Å². The van der Waals surface area contributed by atoms with Crippen molar-refractivity contribution in [1.29, 1.82) is 0 Å². The smallest absolute Gasteiger partial charge is 0.284 e. The van der Waals surface area contributed by atoms with Gasteiger partial charge in [-0.2, -0.15) is 0 Å². The van der Waals surface area contributed by atoms with Gasteiger partial charge in [0, 0.05) is 28.8 Å². The molecule has 0 fully saturated rings. The summed E-state index contributed by atoms with van der Waals surface area (Å²) >= 11 is 0.959. The SMILES string of the molecule is O=C1NC2=C(C(=O)c3ccccc32)[C@@H](c2cccc([N+](=O)[O-])c2)S1. The summed E-state index contributed by atoms with van der Waals surface area (Å²) in [5.41, 5.74) is 2.72. The Bertz CT molecular complexity index is 951. The number of amides is 1. The van der Waals surface area contributed by atoms with Crippen LogP contribution in [0.15, 0.2) is 54.1 Å². The Morgan fingerprint density at radius 2 is 1.79 bits per heavy atom. The van der Waals surface area contributed by atoms with Crippen LogP contribution in [0.2, 0.25) is 0 Å². The number of carbonyl (C=O) groups excluding carboxylic acids is 2. The number of nitro benzene ring substituents is 1. The van der Waals surface area contributed by atoms with Crippen molar-refractivity contribution in [2.24, 2.45) is 0 Å². The van der Waals surface area contributed by atoms with E-state index in [-0.39, 0.29) is 16.7 Å². The second-order valence-corrected chi connectivity index (χ2v) is 6.50. The van der Waals surface area contributed by atoms with E-state index >= 15 is 0 Å². The fourth-order valence-electron chi connectivity index (χ4n) is 3.02. The number of nitro groups is 1. The van der Waals surface area contributed by atoms with Crippen molar-refractivity contribution in [2.45, 2.75) is 5.25 Å². The molecule has 118 valence electrons. The molecular formula is C17H10N2O4S. The van der Waals surface area contributed by atoms with E-state index in [1.807, 2.05) is 0 Å². The van der Waals surface area contributed by atoms with Crippen LogP contribution in [-0.4, -0.2) is 15.9 Å². The Balaban J connectivity index is 1.87. The second kappa shape index (κ2) is 5.31. The monoisotopic (exact) mass is 338 g/mol. The van der Waals surface area contributed by atoms with Gasteiger partial charge in [-0.05, 0) is 5.56 Å². The predicted molar refractivity (Wildman–Crippen MR) is 89.7 cm³/mol. The van der Waals surface area contributed by atoms with Gasteiger partial charge in [-0.15, -0.1) is 0 Å². The zero-order valence-electron chi connectivity index (χ0n) is 12.2. The second-order valence-electron chi connectivity index (χ2n) is 5.43. The number of benzene rings is 2. The quantitative estimate of drug-likeness (QED) is 0.666. The molecule has 24 heavy (non-hydrogen) atoms. The van der Waals surface area contributed by atoms with Crippen molar-refractivity contribution in [3.05, 3.63) is 80.9 Å². The Hall–Kier alpha value is -2.93. The average molecular weight is 338 g/mol. The molecule has 0 aromatic heterocycles. The Morgan fingerprint density at radius 3 is 2.54 bits per heavy atom. The van der Waals surface area contributed by atoms with E-state index in [4.69, 9.17) is 0 Å². The van der Waals surface area contributed by atoms with Gasteiger partial charge >= 0.3 is 0 Å². The summed E-state index contributed by atoms with van der Waals surface area (Å²) in [4.78, 5) is 35.4. The van der Waals surface area contributed by atoms with Crippen LogP contribution in [0, 0.1) is 10.1 Å². The lowest BCUT2D eigenvalue weighted by Crippen LogP contribution is -2.25. The molecule has 0 saturated heterocycles. The molecular weight excluding hydrogens is 328 g/mol. The third-order valence-corrected chi connectivity index (χ3v) is 5.11. The highest BCUT2D eigenvalue weighted by atomic mass is 32.2. The summed E-state index contributed by atoms with van der Waals surface area (Å²) in [6, 6.07) is 13.1. The summed E-state index contributed by atoms with van der Waals surface area (Å²) in [5, 5.41) is 12.9. The van der Waals surface area contributed by atoms with Gasteiger partial charge in [0.1, 0.15) is 0 Å². The number of non-ortho nitro benzene ring substituents is 1. The summed E-state index contributed by atoms with van der Waals surface area (Å²) in [6.07, 6.45) is 0. The van der Waals surface area contributed by atoms with E-state index in [1.54, 1.807) is 36.4 Å². The number of nitrogens with one attached hydrogen (secondary N) is 1. The van der Waals surface area contributed by atoms with Gasteiger partial charge in [0.2, 0.25) is 0 Å². The largest absolute Gasteiger partial charge is 0.316 e. The maximum atomic E-state index is 12.8. The normalized spacial score (nSPS) is 18.9. The highest BCUT2D eigenvalue weighted by molar-refractivity contribution is 8.14. The molecule has 1 atom stereocenters. The minimum atomic E-state index is -0.562. The number of thioether (sulfide) groups is 1. The summed E-state index contributed by atoms with van der Waals surface area (Å²) < 4.78 is 0. The van der Waals surface area contributed by atoms with Gasteiger partial charge in [0.25, 0.3) is 10.9 Å². The lowest BCUT2D eigenvalue weighted by Gasteiger charge is -2.23. The molecule has 4 rings (SSSR count). The van der Waals surface area contributed by atoms with E-state index < -0.39 is 10.2 Å². The van der Waals surface area contributed by atoms with Crippen molar-refractivity contribution in [1.82, 2.24) is 5.32 Å². The van der Waals surface area contributed by atoms with Crippen LogP contribution in [0.25, 0.3) is 5.70 Å². The Kier molecular flexibility index (Phi) is 3.24. The molecule has 2 aliphatic rings. The van der Waals surface area contributed by atoms with E-state index in [0.717, 1.165) is 11.8 Å². The zero-order valence-corrected chi connectivity index (χ0v) is 13.0. The lowest BCUT2D eigenvalue weighted by molar-refractivity contribution is -0.384. The van der Waals surface area contributed by atoms with Gasteiger partial charge in [-0.1, -0.05) is 48.2 Å². The van der Waals surface area contributed by atoms with E-state index in [1.165, 1.54) is 12.1 Å². The molecule has 1 N–H and O–H groups in total. The third kappa shape index (κ3) is 2.13. The molecule has 1 amide bonds. The van der Waals surface area contributed by atoms with Crippen molar-refractivity contribution >= 4 is 34.2 Å². The van der Waals surface area contributed by atoms with Gasteiger partial charge in [-0.3, -0.25) is 19.7 Å². The van der Waals surface area contributed by atoms with Crippen LogP contribution < -0.4 is 5.32 Å². The zero-order chi connectivity index (χ0) is 16.8. The summed E-state index contributed by atoms with van der Waals surface area (Å²) in [6.45, 7) is 0. The Morgan fingerprint density at radius 1 is 1.04 bits per heavy atom. The van der Waals surface area contributed by atoms with Gasteiger partial charge in [0.05, 0.1) is 15.9 Å². The fraction of sp³-hybridized carbons (Fsp3) is 0.0588. The molecule has 0 bridgehead atoms. The van der Waals surface area contributed by atoms with Gasteiger partial charge < -0.3 is 5.32 Å². The molecule has 7 heteroatoms. The molecule has 0 saturated carbocycles. The van der Waals surface area contributed by atoms with Gasteiger partial charge in [0.15, 0.2) is 5.78 Å². The average Bonchev–Trinajstić information content (AvgIpc) is 2.87. The van der Waals surface area contributed by atoms with Crippen molar-refractivity contribution in [3.8, 4) is 0 Å². The minimum Gasteiger partial charge on any atom is -0.316 e. The minimum absolute atomic E-state index is 0.0656. The molecule has 0 radical (unpaired) electrons. The number of hydrogen-bond acceptors (Lipinski definition) is 5. The first-order valence-electron chi connectivity index (χ1n) is 7.16. The molecule has 1 aliphatic carbocycles. The fourth-order valence-corrected chi connectivity index (χ4v) is 4.02. The lowest BCUT2D eigenvalue weighted by atomic mass is 10.0. The van der Waals surface area contributed by atoms with Crippen LogP contribution in [0.3, 0.4) is 0 Å². The van der Waals surface area contributed by atoms with Crippen LogP contribution in [0.1, 0.15) is 26.7 Å². The molecule has 6 nitrogen and oxygen atoms in total. The standard InChI is InChI=1S/C17H10N2O4S/c20-15-12-7-2-1-6-11(12)14-13(15)16(24-17(21)18-14)9-4-3-5-10(8-9)19(22)23/h1-8,16H,(H,18,21)/t16-/m1/s1. The predicted octanol–water partition coefficient (Wildman–Crippen LogP) is 3.70. The van der Waals surface area contributed by atoms with Crippen LogP contribution >= 0.6 is 11.8 Å². The summed E-state index contributed by atoms with van der Waals surface area (Å²) in [7, 11) is 0. The number of hydrogen-bond donors (Lipinski definition) is 1. The van der Waals surface area contributed by atoms with E-state index in [0.29, 0.717) is 28.0 Å². The van der Waals surface area contributed by atoms with Crippen molar-refractivity contribution in [3.63, 3.8) is 0 Å². The van der Waals surface area contributed by atoms with Crippen molar-refractivity contribution < 1.29 is 14.5 Å². The first kappa shape index (κ1) is 14.6. The highest BCUT2D eigenvalue weighted by Crippen LogP contribution is 2.48. The number of nitrogens with zero attached hydrogens (tertiary/aromatic N) is 1. The van der Waals surface area contributed by atoms with Crippen LogP contribution in [0.4, 0.5) is 10.5 Å². The molecule has 2 aromatic rings. The topological polar surface area (TPSA) is 89.3 Å². The summed E-state index contributed by atoms with van der Waals surface area (Å²) in [5.74, 6) is -0.149.